The number of nitrogens with zero attached hydrogens (tertiary/aromatic N) is 4. The van der Waals surface area contributed by atoms with E-state index in [2.05, 4.69) is 22.0 Å². The van der Waals surface area contributed by atoms with Gasteiger partial charge in [0.15, 0.2) is 0 Å². The molecule has 0 aliphatic heterocycles. The van der Waals surface area contributed by atoms with Crippen LogP contribution in [0.2, 0.25) is 0 Å². The standard InChI is InChI=1S/C8H12N4O2/c1-5(7(13)14)6-9-11-12(10-6)8(2,3)4/h1H2,2-4H3,(H,13,14). The van der Waals surface area contributed by atoms with E-state index in [9.17, 15) is 4.79 Å². The van der Waals surface area contributed by atoms with Crippen LogP contribution in [0.4, 0.5) is 0 Å². The number of hydrogen-bond donors (Lipinski definition) is 1. The lowest BCUT2D eigenvalue weighted by atomic mass is 10.1. The van der Waals surface area contributed by atoms with Crippen molar-refractivity contribution in [3.63, 3.8) is 0 Å². The Bertz CT molecular complexity index is 375. The van der Waals surface area contributed by atoms with Gasteiger partial charge in [0.05, 0.1) is 5.54 Å². The summed E-state index contributed by atoms with van der Waals surface area (Å²) in [4.78, 5) is 11.9. The molecule has 0 unspecified atom stereocenters. The molecule has 0 fully saturated rings. The van der Waals surface area contributed by atoms with Gasteiger partial charge in [0, 0.05) is 0 Å². The van der Waals surface area contributed by atoms with Gasteiger partial charge in [0.2, 0.25) is 5.82 Å². The number of aromatic nitrogens is 4. The fourth-order valence-corrected chi connectivity index (χ4v) is 0.715. The third-order valence-electron chi connectivity index (χ3n) is 1.54. The highest BCUT2D eigenvalue weighted by atomic mass is 16.4. The Hall–Kier alpha value is -1.72. The van der Waals surface area contributed by atoms with E-state index in [1.807, 2.05) is 20.8 Å². The van der Waals surface area contributed by atoms with Gasteiger partial charge in [-0.1, -0.05) is 6.58 Å². The number of aliphatic carboxylic acids is 1. The molecule has 0 radical (unpaired) electrons. The lowest BCUT2D eigenvalue weighted by Gasteiger charge is -2.15. The minimum Gasteiger partial charge on any atom is -0.478 e. The maximum Gasteiger partial charge on any atom is 0.339 e. The maximum atomic E-state index is 10.5. The second-order valence-corrected chi connectivity index (χ2v) is 3.86. The van der Waals surface area contributed by atoms with Crippen molar-refractivity contribution in [1.29, 1.82) is 0 Å². The van der Waals surface area contributed by atoms with Gasteiger partial charge in [-0.05, 0) is 26.0 Å². The average molecular weight is 196 g/mol. The van der Waals surface area contributed by atoms with Crippen LogP contribution in [0.15, 0.2) is 6.58 Å². The summed E-state index contributed by atoms with van der Waals surface area (Å²) < 4.78 is 0. The smallest absolute Gasteiger partial charge is 0.339 e. The zero-order valence-electron chi connectivity index (χ0n) is 8.35. The van der Waals surface area contributed by atoms with Crippen LogP contribution in [0.3, 0.4) is 0 Å². The third kappa shape index (κ3) is 1.95. The van der Waals surface area contributed by atoms with Crippen LogP contribution < -0.4 is 0 Å². The third-order valence-corrected chi connectivity index (χ3v) is 1.54. The summed E-state index contributed by atoms with van der Waals surface area (Å²) in [7, 11) is 0. The highest BCUT2D eigenvalue weighted by molar-refractivity contribution is 6.12. The second-order valence-electron chi connectivity index (χ2n) is 3.86. The van der Waals surface area contributed by atoms with Crippen molar-refractivity contribution in [2.24, 2.45) is 0 Å². The Morgan fingerprint density at radius 2 is 2.07 bits per heavy atom. The molecule has 76 valence electrons. The molecular formula is C8H12N4O2. The van der Waals surface area contributed by atoms with Crippen LogP contribution in [0, 0.1) is 0 Å². The van der Waals surface area contributed by atoms with Crippen molar-refractivity contribution in [1.82, 2.24) is 20.2 Å². The first-order valence-corrected chi connectivity index (χ1v) is 4.05. The number of hydrogen-bond acceptors (Lipinski definition) is 4. The first-order valence-electron chi connectivity index (χ1n) is 4.05. The SMILES string of the molecule is C=C(C(=O)O)c1nnn(C(C)(C)C)n1. The van der Waals surface area contributed by atoms with Crippen LogP contribution in [-0.2, 0) is 10.3 Å². The normalized spacial score (nSPS) is 11.4. The summed E-state index contributed by atoms with van der Waals surface area (Å²) in [6.07, 6.45) is 0. The first kappa shape index (κ1) is 10.4. The molecule has 1 aromatic rings. The fraction of sp³-hybridized carbons (Fsp3) is 0.500. The van der Waals surface area contributed by atoms with Crippen molar-refractivity contribution in [3.05, 3.63) is 12.4 Å². The fourth-order valence-electron chi connectivity index (χ4n) is 0.715. The van der Waals surface area contributed by atoms with Gasteiger partial charge in [0.1, 0.15) is 5.57 Å². The molecule has 0 bridgehead atoms. The largest absolute Gasteiger partial charge is 0.478 e. The van der Waals surface area contributed by atoms with Crippen molar-refractivity contribution in [2.45, 2.75) is 26.3 Å². The molecule has 0 aliphatic carbocycles. The highest BCUT2D eigenvalue weighted by Crippen LogP contribution is 2.11. The lowest BCUT2D eigenvalue weighted by molar-refractivity contribution is -0.130. The van der Waals surface area contributed by atoms with Crippen LogP contribution in [0.5, 0.6) is 0 Å². The summed E-state index contributed by atoms with van der Waals surface area (Å²) in [5, 5.41) is 19.9. The Balaban J connectivity index is 3.00. The molecule has 1 rings (SSSR count). The van der Waals surface area contributed by atoms with Crippen LogP contribution in [-0.4, -0.2) is 31.3 Å². The summed E-state index contributed by atoms with van der Waals surface area (Å²) in [6.45, 7) is 9.01. The number of tetrazole rings is 1. The molecule has 0 saturated carbocycles. The molecule has 1 heterocycles. The molecule has 0 saturated heterocycles. The average Bonchev–Trinajstić information content (AvgIpc) is 2.49. The van der Waals surface area contributed by atoms with Crippen LogP contribution in [0.25, 0.3) is 5.57 Å². The maximum absolute atomic E-state index is 10.5. The minimum absolute atomic E-state index is 0.0485. The summed E-state index contributed by atoms with van der Waals surface area (Å²) >= 11 is 0. The molecule has 14 heavy (non-hydrogen) atoms. The Labute approximate surface area is 81.2 Å². The van der Waals surface area contributed by atoms with E-state index >= 15 is 0 Å². The predicted molar refractivity (Wildman–Crippen MR) is 49.5 cm³/mol. The monoisotopic (exact) mass is 196 g/mol. The quantitative estimate of drug-likeness (QED) is 0.697. The second kappa shape index (κ2) is 3.21. The molecule has 1 N–H and O–H groups in total. The van der Waals surface area contributed by atoms with Gasteiger partial charge in [-0.25, -0.2) is 4.79 Å². The first-order chi connectivity index (χ1) is 6.32. The Morgan fingerprint density at radius 3 is 2.43 bits per heavy atom. The molecule has 0 aliphatic rings. The number of carbonyl (C=O) groups is 1. The minimum atomic E-state index is -1.14. The predicted octanol–water partition coefficient (Wildman–Crippen LogP) is 0.526. The topological polar surface area (TPSA) is 80.9 Å². The van der Waals surface area contributed by atoms with Gasteiger partial charge in [0.25, 0.3) is 0 Å². The summed E-state index contributed by atoms with van der Waals surface area (Å²) in [5.74, 6) is -1.09. The van der Waals surface area contributed by atoms with Gasteiger partial charge in [-0.3, -0.25) is 0 Å². The van der Waals surface area contributed by atoms with Gasteiger partial charge in [-0.15, -0.1) is 10.2 Å². The van der Waals surface area contributed by atoms with Crippen molar-refractivity contribution in [3.8, 4) is 0 Å². The molecule has 0 spiro atoms. The van der Waals surface area contributed by atoms with E-state index in [-0.39, 0.29) is 16.9 Å². The molecule has 6 nitrogen and oxygen atoms in total. The Kier molecular flexibility index (Phi) is 2.37. The molecule has 0 atom stereocenters. The highest BCUT2D eigenvalue weighted by Gasteiger charge is 2.19. The summed E-state index contributed by atoms with van der Waals surface area (Å²) in [6, 6.07) is 0. The summed E-state index contributed by atoms with van der Waals surface area (Å²) in [5.41, 5.74) is -0.468. The number of rotatable bonds is 2. The molecule has 1 aromatic heterocycles. The van der Waals surface area contributed by atoms with E-state index in [4.69, 9.17) is 5.11 Å². The van der Waals surface area contributed by atoms with Crippen LogP contribution >= 0.6 is 0 Å². The van der Waals surface area contributed by atoms with Crippen molar-refractivity contribution in [2.75, 3.05) is 0 Å². The lowest BCUT2D eigenvalue weighted by Crippen LogP contribution is -2.24. The van der Waals surface area contributed by atoms with E-state index in [0.29, 0.717) is 0 Å². The van der Waals surface area contributed by atoms with Crippen molar-refractivity contribution < 1.29 is 9.90 Å². The molecule has 0 amide bonds. The van der Waals surface area contributed by atoms with E-state index in [1.54, 1.807) is 0 Å². The van der Waals surface area contributed by atoms with E-state index in [1.165, 1.54) is 4.80 Å². The number of carboxylic acid groups (broad SMARTS) is 1. The van der Waals surface area contributed by atoms with Gasteiger partial charge in [-0.2, -0.15) is 4.80 Å². The number of carboxylic acids is 1. The van der Waals surface area contributed by atoms with Gasteiger partial charge < -0.3 is 5.11 Å². The molecular weight excluding hydrogens is 184 g/mol. The zero-order chi connectivity index (χ0) is 10.9. The van der Waals surface area contributed by atoms with E-state index in [0.717, 1.165) is 0 Å². The van der Waals surface area contributed by atoms with Crippen molar-refractivity contribution >= 4 is 11.5 Å². The molecule has 6 heteroatoms. The Morgan fingerprint density at radius 1 is 1.50 bits per heavy atom. The zero-order valence-corrected chi connectivity index (χ0v) is 8.35. The van der Waals surface area contributed by atoms with Gasteiger partial charge >= 0.3 is 5.97 Å². The molecule has 0 aromatic carbocycles. The van der Waals surface area contributed by atoms with E-state index < -0.39 is 5.97 Å². The van der Waals surface area contributed by atoms with Crippen LogP contribution in [0.1, 0.15) is 26.6 Å².